The molecule has 2 aromatic rings. The first kappa shape index (κ1) is 13.8. The molecule has 0 spiro atoms. The molecule has 0 aromatic heterocycles. The van der Waals surface area contributed by atoms with Crippen LogP contribution in [0.15, 0.2) is 48.5 Å². The van der Waals surface area contributed by atoms with Gasteiger partial charge in [0.1, 0.15) is 12.1 Å². The highest BCUT2D eigenvalue weighted by Gasteiger charge is 2.27. The zero-order chi connectivity index (χ0) is 13.9. The summed E-state index contributed by atoms with van der Waals surface area (Å²) in [7, 11) is 0. The van der Waals surface area contributed by atoms with Crippen molar-refractivity contribution in [2.45, 2.75) is 18.8 Å². The number of benzene rings is 2. The van der Waals surface area contributed by atoms with Gasteiger partial charge in [-0.15, -0.1) is 0 Å². The van der Waals surface area contributed by atoms with E-state index < -0.39 is 5.41 Å². The number of halogens is 2. The Morgan fingerprint density at radius 3 is 2.58 bits per heavy atom. The van der Waals surface area contributed by atoms with E-state index in [1.165, 1.54) is 12.1 Å². The number of hydrogen-bond acceptors (Lipinski definition) is 1. The number of hydrogen-bond donors (Lipinski definition) is 0. The van der Waals surface area contributed by atoms with E-state index in [-0.39, 0.29) is 5.82 Å². The molecule has 98 valence electrons. The fourth-order valence-corrected chi connectivity index (χ4v) is 2.30. The molecule has 0 heterocycles. The van der Waals surface area contributed by atoms with Crippen molar-refractivity contribution in [3.8, 4) is 0 Å². The molecule has 0 saturated carbocycles. The molecule has 0 saturated heterocycles. The molecule has 0 aliphatic heterocycles. The van der Waals surface area contributed by atoms with Gasteiger partial charge in [-0.3, -0.25) is 0 Å². The van der Waals surface area contributed by atoms with Gasteiger partial charge in [0.2, 0.25) is 0 Å². The Labute approximate surface area is 117 Å². The Kier molecular flexibility index (Phi) is 4.01. The molecular weight excluding hydrogens is 263 g/mol. The molecule has 1 nitrogen and oxygen atoms in total. The number of aldehydes is 1. The van der Waals surface area contributed by atoms with Crippen LogP contribution in [0.5, 0.6) is 0 Å². The van der Waals surface area contributed by atoms with Gasteiger partial charge in [0.25, 0.3) is 0 Å². The van der Waals surface area contributed by atoms with Crippen LogP contribution in [0.4, 0.5) is 4.39 Å². The minimum Gasteiger partial charge on any atom is -0.302 e. The van der Waals surface area contributed by atoms with Crippen molar-refractivity contribution in [1.29, 1.82) is 0 Å². The lowest BCUT2D eigenvalue weighted by atomic mass is 9.78. The van der Waals surface area contributed by atoms with Crippen LogP contribution < -0.4 is 0 Å². The third-order valence-electron chi connectivity index (χ3n) is 3.26. The topological polar surface area (TPSA) is 17.1 Å². The molecule has 1 atom stereocenters. The van der Waals surface area contributed by atoms with Crippen molar-refractivity contribution in [2.24, 2.45) is 0 Å². The molecule has 2 aromatic carbocycles. The first-order chi connectivity index (χ1) is 9.05. The van der Waals surface area contributed by atoms with Gasteiger partial charge in [0.15, 0.2) is 0 Å². The molecule has 0 bridgehead atoms. The summed E-state index contributed by atoms with van der Waals surface area (Å²) in [6.07, 6.45) is 1.30. The quantitative estimate of drug-likeness (QED) is 0.766. The maximum absolute atomic E-state index is 13.3. The van der Waals surface area contributed by atoms with Gasteiger partial charge in [0, 0.05) is 5.02 Å². The SMILES string of the molecule is CC(C=O)(Cc1ccccc1Cl)c1cccc(F)c1. The van der Waals surface area contributed by atoms with Gasteiger partial charge in [-0.1, -0.05) is 41.9 Å². The van der Waals surface area contributed by atoms with E-state index in [4.69, 9.17) is 11.6 Å². The van der Waals surface area contributed by atoms with Crippen molar-refractivity contribution in [3.63, 3.8) is 0 Å². The summed E-state index contributed by atoms with van der Waals surface area (Å²) >= 11 is 6.12. The Hall–Kier alpha value is -1.67. The van der Waals surface area contributed by atoms with Gasteiger partial charge in [-0.25, -0.2) is 4.39 Å². The lowest BCUT2D eigenvalue weighted by Gasteiger charge is -2.24. The smallest absolute Gasteiger partial charge is 0.130 e. The largest absolute Gasteiger partial charge is 0.302 e. The molecule has 0 fully saturated rings. The highest BCUT2D eigenvalue weighted by molar-refractivity contribution is 6.31. The Morgan fingerprint density at radius 1 is 1.21 bits per heavy atom. The monoisotopic (exact) mass is 276 g/mol. The van der Waals surface area contributed by atoms with Gasteiger partial charge in [-0.05, 0) is 42.7 Å². The first-order valence-corrected chi connectivity index (χ1v) is 6.39. The lowest BCUT2D eigenvalue weighted by molar-refractivity contribution is -0.112. The average Bonchev–Trinajstić information content (AvgIpc) is 2.41. The van der Waals surface area contributed by atoms with Crippen LogP contribution in [0.2, 0.25) is 5.02 Å². The maximum atomic E-state index is 13.3. The van der Waals surface area contributed by atoms with Crippen molar-refractivity contribution in [1.82, 2.24) is 0 Å². The summed E-state index contributed by atoms with van der Waals surface area (Å²) in [4.78, 5) is 11.5. The molecule has 0 amide bonds. The van der Waals surface area contributed by atoms with Crippen LogP contribution in [-0.4, -0.2) is 6.29 Å². The fraction of sp³-hybridized carbons (Fsp3) is 0.188. The van der Waals surface area contributed by atoms with Crippen LogP contribution in [-0.2, 0) is 16.6 Å². The van der Waals surface area contributed by atoms with E-state index in [2.05, 4.69) is 0 Å². The van der Waals surface area contributed by atoms with E-state index in [1.54, 1.807) is 25.1 Å². The van der Waals surface area contributed by atoms with E-state index >= 15 is 0 Å². The van der Waals surface area contributed by atoms with Crippen LogP contribution in [0, 0.1) is 5.82 Å². The first-order valence-electron chi connectivity index (χ1n) is 6.01. The second kappa shape index (κ2) is 5.54. The Balaban J connectivity index is 2.39. The zero-order valence-electron chi connectivity index (χ0n) is 10.6. The van der Waals surface area contributed by atoms with Crippen LogP contribution in [0.25, 0.3) is 0 Å². The summed E-state index contributed by atoms with van der Waals surface area (Å²) in [5.74, 6) is -0.343. The third-order valence-corrected chi connectivity index (χ3v) is 3.63. The Morgan fingerprint density at radius 2 is 1.95 bits per heavy atom. The molecular formula is C16H14ClFO. The summed E-state index contributed by atoms with van der Waals surface area (Å²) in [5.41, 5.74) is 0.748. The molecule has 1 unspecified atom stereocenters. The lowest BCUT2D eigenvalue weighted by Crippen LogP contribution is -2.27. The summed E-state index contributed by atoms with van der Waals surface area (Å²) in [5, 5.41) is 0.618. The zero-order valence-corrected chi connectivity index (χ0v) is 11.3. The standard InChI is InChI=1S/C16H14ClFO/c1-16(11-19,13-6-4-7-14(18)9-13)10-12-5-2-3-8-15(12)17/h2-9,11H,10H2,1H3. The van der Waals surface area contributed by atoms with E-state index in [0.717, 1.165) is 11.8 Å². The van der Waals surface area contributed by atoms with E-state index in [9.17, 15) is 9.18 Å². The summed E-state index contributed by atoms with van der Waals surface area (Å²) in [6.45, 7) is 1.79. The van der Waals surface area contributed by atoms with Crippen LogP contribution in [0.3, 0.4) is 0 Å². The van der Waals surface area contributed by atoms with E-state index in [1.807, 2.05) is 18.2 Å². The molecule has 19 heavy (non-hydrogen) atoms. The van der Waals surface area contributed by atoms with Crippen molar-refractivity contribution >= 4 is 17.9 Å². The highest BCUT2D eigenvalue weighted by atomic mass is 35.5. The third kappa shape index (κ3) is 3.02. The summed E-state index contributed by atoms with van der Waals surface area (Å²) < 4.78 is 13.3. The van der Waals surface area contributed by atoms with Gasteiger partial charge in [0.05, 0.1) is 5.41 Å². The minimum absolute atomic E-state index is 0.343. The Bertz CT molecular complexity index is 597. The summed E-state index contributed by atoms with van der Waals surface area (Å²) in [6, 6.07) is 13.5. The second-order valence-corrected chi connectivity index (χ2v) is 5.22. The molecule has 0 radical (unpaired) electrons. The normalized spacial score (nSPS) is 13.8. The number of carbonyl (C=O) groups excluding carboxylic acids is 1. The predicted octanol–water partition coefficient (Wildman–Crippen LogP) is 4.18. The van der Waals surface area contributed by atoms with Gasteiger partial charge >= 0.3 is 0 Å². The van der Waals surface area contributed by atoms with Crippen LogP contribution >= 0.6 is 11.6 Å². The van der Waals surface area contributed by atoms with Crippen molar-refractivity contribution < 1.29 is 9.18 Å². The molecule has 0 aliphatic carbocycles. The molecule has 2 rings (SSSR count). The molecule has 0 N–H and O–H groups in total. The predicted molar refractivity (Wildman–Crippen MR) is 75.0 cm³/mol. The van der Waals surface area contributed by atoms with Crippen molar-refractivity contribution in [2.75, 3.05) is 0 Å². The maximum Gasteiger partial charge on any atom is 0.130 e. The molecule has 0 aliphatic rings. The number of rotatable bonds is 4. The van der Waals surface area contributed by atoms with Gasteiger partial charge < -0.3 is 4.79 Å². The molecule has 3 heteroatoms. The van der Waals surface area contributed by atoms with Crippen molar-refractivity contribution in [3.05, 3.63) is 70.5 Å². The van der Waals surface area contributed by atoms with Gasteiger partial charge in [-0.2, -0.15) is 0 Å². The van der Waals surface area contributed by atoms with E-state index in [0.29, 0.717) is 17.0 Å². The number of carbonyl (C=O) groups is 1. The van der Waals surface area contributed by atoms with Crippen LogP contribution in [0.1, 0.15) is 18.1 Å². The second-order valence-electron chi connectivity index (χ2n) is 4.81. The average molecular weight is 277 g/mol. The minimum atomic E-state index is -0.785. The highest BCUT2D eigenvalue weighted by Crippen LogP contribution is 2.29. The fourth-order valence-electron chi connectivity index (χ4n) is 2.09.